The van der Waals surface area contributed by atoms with E-state index in [0.29, 0.717) is 11.5 Å². The second-order valence-corrected chi connectivity index (χ2v) is 5.91. The van der Waals surface area contributed by atoms with Gasteiger partial charge in [0.15, 0.2) is 0 Å². The van der Waals surface area contributed by atoms with E-state index < -0.39 is 0 Å². The number of nitrogens with two attached hydrogens (primary N) is 1. The van der Waals surface area contributed by atoms with Gasteiger partial charge in [0.2, 0.25) is 0 Å². The molecule has 2 fully saturated rings. The minimum Gasteiger partial charge on any atom is -0.330 e. The first kappa shape index (κ1) is 11.4. The summed E-state index contributed by atoms with van der Waals surface area (Å²) in [5.41, 5.74) is 6.42. The number of hydrogen-bond acceptors (Lipinski definition) is 2. The molecule has 1 aliphatic carbocycles. The standard InChI is InChI=1S/C13H26N2/c1-11(2)15-10-13(6-3-4-7-13)9-12(15)5-8-14/h11-12H,3-10,14H2,1-2H3. The average Bonchev–Trinajstić information content (AvgIpc) is 2.76. The van der Waals surface area contributed by atoms with Gasteiger partial charge in [0.25, 0.3) is 0 Å². The Labute approximate surface area is 94.2 Å². The normalized spacial score (nSPS) is 30.8. The van der Waals surface area contributed by atoms with Gasteiger partial charge in [-0.15, -0.1) is 0 Å². The van der Waals surface area contributed by atoms with E-state index in [1.165, 1.54) is 45.1 Å². The van der Waals surface area contributed by atoms with Crippen LogP contribution in [0.3, 0.4) is 0 Å². The summed E-state index contributed by atoms with van der Waals surface area (Å²) in [4.78, 5) is 2.71. The summed E-state index contributed by atoms with van der Waals surface area (Å²) in [6, 6.07) is 1.47. The molecular weight excluding hydrogens is 184 g/mol. The maximum absolute atomic E-state index is 5.73. The van der Waals surface area contributed by atoms with Gasteiger partial charge in [0.1, 0.15) is 0 Å². The highest BCUT2D eigenvalue weighted by Gasteiger charge is 2.45. The smallest absolute Gasteiger partial charge is 0.0116 e. The van der Waals surface area contributed by atoms with Crippen LogP contribution in [-0.4, -0.2) is 30.1 Å². The molecule has 0 aromatic rings. The first-order chi connectivity index (χ1) is 7.17. The van der Waals surface area contributed by atoms with Gasteiger partial charge in [-0.2, -0.15) is 0 Å². The highest BCUT2D eigenvalue weighted by molar-refractivity contribution is 4.99. The summed E-state index contributed by atoms with van der Waals surface area (Å²) in [6.07, 6.45) is 8.47. The molecule has 0 radical (unpaired) electrons. The monoisotopic (exact) mass is 210 g/mol. The largest absolute Gasteiger partial charge is 0.330 e. The Morgan fingerprint density at radius 3 is 2.53 bits per heavy atom. The Bertz CT molecular complexity index is 207. The van der Waals surface area contributed by atoms with Crippen molar-refractivity contribution >= 4 is 0 Å². The SMILES string of the molecule is CC(C)N1CC2(CCCC2)CC1CCN. The van der Waals surface area contributed by atoms with Crippen molar-refractivity contribution in [3.05, 3.63) is 0 Å². The average molecular weight is 210 g/mol. The summed E-state index contributed by atoms with van der Waals surface area (Å²) < 4.78 is 0. The van der Waals surface area contributed by atoms with Gasteiger partial charge in [-0.3, -0.25) is 4.90 Å². The molecule has 0 aromatic heterocycles. The molecule has 1 heterocycles. The molecule has 15 heavy (non-hydrogen) atoms. The van der Waals surface area contributed by atoms with Crippen LogP contribution in [0.4, 0.5) is 0 Å². The van der Waals surface area contributed by atoms with Gasteiger partial charge in [-0.05, 0) is 51.5 Å². The van der Waals surface area contributed by atoms with E-state index in [0.717, 1.165) is 12.6 Å². The Morgan fingerprint density at radius 1 is 1.33 bits per heavy atom. The molecule has 2 heteroatoms. The number of nitrogens with zero attached hydrogens (tertiary/aromatic N) is 1. The topological polar surface area (TPSA) is 29.3 Å². The van der Waals surface area contributed by atoms with Crippen molar-refractivity contribution in [2.24, 2.45) is 11.1 Å². The fourth-order valence-corrected chi connectivity index (χ4v) is 3.75. The first-order valence-corrected chi connectivity index (χ1v) is 6.63. The van der Waals surface area contributed by atoms with Crippen molar-refractivity contribution < 1.29 is 0 Å². The van der Waals surface area contributed by atoms with Gasteiger partial charge in [-0.1, -0.05) is 12.8 Å². The minimum absolute atomic E-state index is 0.685. The predicted molar refractivity (Wildman–Crippen MR) is 64.8 cm³/mol. The molecule has 1 saturated heterocycles. The quantitative estimate of drug-likeness (QED) is 0.775. The van der Waals surface area contributed by atoms with E-state index in [1.54, 1.807) is 0 Å². The van der Waals surface area contributed by atoms with Crippen LogP contribution in [0.1, 0.15) is 52.4 Å². The molecule has 2 aliphatic rings. The molecule has 2 rings (SSSR count). The van der Waals surface area contributed by atoms with E-state index in [9.17, 15) is 0 Å². The fraction of sp³-hybridized carbons (Fsp3) is 1.00. The van der Waals surface area contributed by atoms with Crippen molar-refractivity contribution in [1.82, 2.24) is 4.90 Å². The molecule has 0 bridgehead atoms. The lowest BCUT2D eigenvalue weighted by Crippen LogP contribution is -2.37. The molecule has 2 nitrogen and oxygen atoms in total. The lowest BCUT2D eigenvalue weighted by atomic mass is 9.83. The van der Waals surface area contributed by atoms with E-state index >= 15 is 0 Å². The Morgan fingerprint density at radius 2 is 2.00 bits per heavy atom. The van der Waals surface area contributed by atoms with Crippen LogP contribution in [0, 0.1) is 5.41 Å². The van der Waals surface area contributed by atoms with E-state index in [-0.39, 0.29) is 0 Å². The molecule has 1 aliphatic heterocycles. The molecule has 1 unspecified atom stereocenters. The third kappa shape index (κ3) is 2.21. The van der Waals surface area contributed by atoms with Gasteiger partial charge in [-0.25, -0.2) is 0 Å². The lowest BCUT2D eigenvalue weighted by molar-refractivity contribution is 0.183. The summed E-state index contributed by atoms with van der Waals surface area (Å²) in [5.74, 6) is 0. The van der Waals surface area contributed by atoms with Crippen LogP contribution in [-0.2, 0) is 0 Å². The molecular formula is C13H26N2. The van der Waals surface area contributed by atoms with Crippen LogP contribution in [0.5, 0.6) is 0 Å². The molecule has 2 N–H and O–H groups in total. The zero-order valence-corrected chi connectivity index (χ0v) is 10.3. The van der Waals surface area contributed by atoms with Crippen LogP contribution >= 0.6 is 0 Å². The lowest BCUT2D eigenvalue weighted by Gasteiger charge is -2.28. The molecule has 1 atom stereocenters. The summed E-state index contributed by atoms with van der Waals surface area (Å²) in [6.45, 7) is 6.86. The van der Waals surface area contributed by atoms with Crippen molar-refractivity contribution in [2.75, 3.05) is 13.1 Å². The molecule has 1 spiro atoms. The number of likely N-dealkylation sites (tertiary alicyclic amines) is 1. The zero-order valence-electron chi connectivity index (χ0n) is 10.3. The van der Waals surface area contributed by atoms with Crippen molar-refractivity contribution in [3.8, 4) is 0 Å². The fourth-order valence-electron chi connectivity index (χ4n) is 3.75. The maximum Gasteiger partial charge on any atom is 0.0116 e. The summed E-state index contributed by atoms with van der Waals surface area (Å²) >= 11 is 0. The highest BCUT2D eigenvalue weighted by Crippen LogP contribution is 2.48. The number of hydrogen-bond donors (Lipinski definition) is 1. The molecule has 1 saturated carbocycles. The predicted octanol–water partition coefficient (Wildman–Crippen LogP) is 2.38. The second-order valence-electron chi connectivity index (χ2n) is 5.91. The summed E-state index contributed by atoms with van der Waals surface area (Å²) in [5, 5.41) is 0. The van der Waals surface area contributed by atoms with Crippen molar-refractivity contribution in [1.29, 1.82) is 0 Å². The van der Waals surface area contributed by atoms with E-state index in [1.807, 2.05) is 0 Å². The van der Waals surface area contributed by atoms with Crippen LogP contribution in [0.25, 0.3) is 0 Å². The van der Waals surface area contributed by atoms with Crippen molar-refractivity contribution in [2.45, 2.75) is 64.5 Å². The molecule has 88 valence electrons. The van der Waals surface area contributed by atoms with Crippen LogP contribution < -0.4 is 5.73 Å². The van der Waals surface area contributed by atoms with Gasteiger partial charge < -0.3 is 5.73 Å². The highest BCUT2D eigenvalue weighted by atomic mass is 15.2. The maximum atomic E-state index is 5.73. The Kier molecular flexibility index (Phi) is 3.36. The van der Waals surface area contributed by atoms with Gasteiger partial charge in [0.05, 0.1) is 0 Å². The molecule has 0 amide bonds. The molecule has 0 aromatic carbocycles. The second kappa shape index (κ2) is 4.42. The Hall–Kier alpha value is -0.0800. The summed E-state index contributed by atoms with van der Waals surface area (Å²) in [7, 11) is 0. The van der Waals surface area contributed by atoms with E-state index in [4.69, 9.17) is 5.73 Å². The Balaban J connectivity index is 2.04. The van der Waals surface area contributed by atoms with Crippen molar-refractivity contribution in [3.63, 3.8) is 0 Å². The van der Waals surface area contributed by atoms with E-state index in [2.05, 4.69) is 18.7 Å². The van der Waals surface area contributed by atoms with Gasteiger partial charge in [0, 0.05) is 18.6 Å². The van der Waals surface area contributed by atoms with Crippen LogP contribution in [0.2, 0.25) is 0 Å². The first-order valence-electron chi connectivity index (χ1n) is 6.63. The minimum atomic E-state index is 0.685. The third-order valence-electron chi connectivity index (χ3n) is 4.48. The van der Waals surface area contributed by atoms with Crippen LogP contribution in [0.15, 0.2) is 0 Å². The van der Waals surface area contributed by atoms with Gasteiger partial charge >= 0.3 is 0 Å². The third-order valence-corrected chi connectivity index (χ3v) is 4.48. The number of rotatable bonds is 3. The zero-order chi connectivity index (χ0) is 10.9.